The standard InChI is InChI=1S/C15H24N2O3S/c1-4-6-11-16-15(18)12-17(5-2)21(19,20)14-9-7-13(3)8-10-14/h7-10H,4-6,11-12H2,1-3H3,(H,16,18). The third-order valence-electron chi connectivity index (χ3n) is 3.18. The van der Waals surface area contributed by atoms with E-state index in [0.29, 0.717) is 6.54 Å². The molecule has 1 rings (SSSR count). The molecule has 0 aliphatic heterocycles. The average molecular weight is 312 g/mol. The summed E-state index contributed by atoms with van der Waals surface area (Å²) in [5.74, 6) is -0.263. The predicted molar refractivity (Wildman–Crippen MR) is 83.5 cm³/mol. The van der Waals surface area contributed by atoms with Crippen molar-refractivity contribution in [3.8, 4) is 0 Å². The van der Waals surface area contributed by atoms with Crippen molar-refractivity contribution in [1.29, 1.82) is 0 Å². The molecule has 0 bridgehead atoms. The summed E-state index contributed by atoms with van der Waals surface area (Å²) in [6.45, 7) is 6.36. The first-order chi connectivity index (χ1) is 9.91. The van der Waals surface area contributed by atoms with Gasteiger partial charge < -0.3 is 5.32 Å². The van der Waals surface area contributed by atoms with Crippen molar-refractivity contribution in [2.45, 2.75) is 38.5 Å². The van der Waals surface area contributed by atoms with Gasteiger partial charge in [0.15, 0.2) is 0 Å². The van der Waals surface area contributed by atoms with Crippen LogP contribution in [-0.2, 0) is 14.8 Å². The Kier molecular flexibility index (Phi) is 6.84. The minimum atomic E-state index is -3.62. The molecular weight excluding hydrogens is 288 g/mol. The monoisotopic (exact) mass is 312 g/mol. The topological polar surface area (TPSA) is 66.5 Å². The van der Waals surface area contributed by atoms with Crippen molar-refractivity contribution >= 4 is 15.9 Å². The molecule has 0 atom stereocenters. The molecule has 118 valence electrons. The maximum absolute atomic E-state index is 12.5. The van der Waals surface area contributed by atoms with E-state index in [2.05, 4.69) is 5.32 Å². The van der Waals surface area contributed by atoms with Gasteiger partial charge in [0, 0.05) is 13.1 Å². The number of nitrogens with zero attached hydrogens (tertiary/aromatic N) is 1. The fourth-order valence-corrected chi connectivity index (χ4v) is 3.25. The van der Waals surface area contributed by atoms with Gasteiger partial charge in [-0.05, 0) is 25.5 Å². The Balaban J connectivity index is 2.78. The van der Waals surface area contributed by atoms with Gasteiger partial charge in [0.25, 0.3) is 0 Å². The van der Waals surface area contributed by atoms with Crippen molar-refractivity contribution in [1.82, 2.24) is 9.62 Å². The Labute approximate surface area is 127 Å². The lowest BCUT2D eigenvalue weighted by atomic mass is 10.2. The smallest absolute Gasteiger partial charge is 0.243 e. The fraction of sp³-hybridized carbons (Fsp3) is 0.533. The molecule has 0 saturated heterocycles. The van der Waals surface area contributed by atoms with E-state index in [-0.39, 0.29) is 23.9 Å². The molecule has 1 aromatic rings. The van der Waals surface area contributed by atoms with Crippen LogP contribution < -0.4 is 5.32 Å². The van der Waals surface area contributed by atoms with Gasteiger partial charge in [-0.2, -0.15) is 4.31 Å². The third-order valence-corrected chi connectivity index (χ3v) is 5.12. The highest BCUT2D eigenvalue weighted by Crippen LogP contribution is 2.15. The van der Waals surface area contributed by atoms with Crippen molar-refractivity contribution in [3.05, 3.63) is 29.8 Å². The first kappa shape index (κ1) is 17.7. The van der Waals surface area contributed by atoms with E-state index in [1.54, 1.807) is 31.2 Å². The zero-order valence-corrected chi connectivity index (χ0v) is 13.7. The van der Waals surface area contributed by atoms with E-state index in [1.807, 2.05) is 13.8 Å². The van der Waals surface area contributed by atoms with Gasteiger partial charge in [0.1, 0.15) is 0 Å². The van der Waals surface area contributed by atoms with Crippen molar-refractivity contribution in [2.24, 2.45) is 0 Å². The van der Waals surface area contributed by atoms with Gasteiger partial charge in [0.05, 0.1) is 11.4 Å². The van der Waals surface area contributed by atoms with Crippen LogP contribution >= 0.6 is 0 Å². The average Bonchev–Trinajstić information content (AvgIpc) is 2.45. The maximum Gasteiger partial charge on any atom is 0.243 e. The van der Waals surface area contributed by atoms with Crippen LogP contribution in [0.2, 0.25) is 0 Å². The first-order valence-corrected chi connectivity index (χ1v) is 8.69. The Morgan fingerprint density at radius 1 is 1.19 bits per heavy atom. The van der Waals surface area contributed by atoms with Crippen molar-refractivity contribution in [3.63, 3.8) is 0 Å². The number of aryl methyl sites for hydroxylation is 1. The minimum absolute atomic E-state index is 0.142. The Hall–Kier alpha value is -1.40. The molecule has 0 radical (unpaired) electrons. The number of benzene rings is 1. The molecule has 6 heteroatoms. The molecule has 0 aliphatic carbocycles. The Morgan fingerprint density at radius 2 is 1.81 bits per heavy atom. The number of unbranched alkanes of at least 4 members (excludes halogenated alkanes) is 1. The zero-order valence-electron chi connectivity index (χ0n) is 12.9. The summed E-state index contributed by atoms with van der Waals surface area (Å²) in [5, 5.41) is 2.74. The van der Waals surface area contributed by atoms with Crippen LogP contribution in [0.1, 0.15) is 32.3 Å². The number of rotatable bonds is 8. The Bertz CT molecular complexity index is 553. The SMILES string of the molecule is CCCCNC(=O)CN(CC)S(=O)(=O)c1ccc(C)cc1. The van der Waals surface area contributed by atoms with Gasteiger partial charge >= 0.3 is 0 Å². The lowest BCUT2D eigenvalue weighted by molar-refractivity contribution is -0.121. The number of sulfonamides is 1. The molecule has 0 saturated carbocycles. The molecule has 0 spiro atoms. The molecule has 21 heavy (non-hydrogen) atoms. The van der Waals surface area contributed by atoms with Gasteiger partial charge in [-0.15, -0.1) is 0 Å². The second kappa shape index (κ2) is 8.14. The maximum atomic E-state index is 12.5. The first-order valence-electron chi connectivity index (χ1n) is 7.25. The zero-order chi connectivity index (χ0) is 15.9. The van der Waals surface area contributed by atoms with E-state index in [1.165, 1.54) is 4.31 Å². The fourth-order valence-electron chi connectivity index (χ4n) is 1.85. The van der Waals surface area contributed by atoms with E-state index in [4.69, 9.17) is 0 Å². The molecule has 0 aromatic heterocycles. The molecule has 1 aromatic carbocycles. The summed E-state index contributed by atoms with van der Waals surface area (Å²) in [7, 11) is -3.62. The van der Waals surface area contributed by atoms with E-state index in [0.717, 1.165) is 18.4 Å². The van der Waals surface area contributed by atoms with Crippen LogP contribution in [0.15, 0.2) is 29.2 Å². The van der Waals surface area contributed by atoms with Gasteiger partial charge in [0.2, 0.25) is 15.9 Å². The summed E-state index contributed by atoms with van der Waals surface area (Å²) in [6.07, 6.45) is 1.88. The summed E-state index contributed by atoms with van der Waals surface area (Å²) >= 11 is 0. The molecule has 0 heterocycles. The normalized spacial score (nSPS) is 11.6. The van der Waals surface area contributed by atoms with Crippen molar-refractivity contribution < 1.29 is 13.2 Å². The second-order valence-electron chi connectivity index (χ2n) is 4.95. The Morgan fingerprint density at radius 3 is 2.33 bits per heavy atom. The lowest BCUT2D eigenvalue weighted by Crippen LogP contribution is -2.40. The lowest BCUT2D eigenvalue weighted by Gasteiger charge is -2.20. The highest BCUT2D eigenvalue weighted by molar-refractivity contribution is 7.89. The number of likely N-dealkylation sites (N-methyl/N-ethyl adjacent to an activating group) is 1. The summed E-state index contributed by atoms with van der Waals surface area (Å²) in [5.41, 5.74) is 0.995. The largest absolute Gasteiger partial charge is 0.355 e. The highest BCUT2D eigenvalue weighted by atomic mass is 32.2. The van der Waals surface area contributed by atoms with Crippen LogP contribution in [0.3, 0.4) is 0 Å². The summed E-state index contributed by atoms with van der Waals surface area (Å²) in [6, 6.07) is 6.65. The van der Waals surface area contributed by atoms with Gasteiger partial charge in [-0.1, -0.05) is 38.0 Å². The summed E-state index contributed by atoms with van der Waals surface area (Å²) in [4.78, 5) is 12.0. The number of amides is 1. The van der Waals surface area contributed by atoms with Gasteiger partial charge in [-0.25, -0.2) is 8.42 Å². The number of hydrogen-bond donors (Lipinski definition) is 1. The van der Waals surface area contributed by atoms with Crippen LogP contribution in [0, 0.1) is 6.92 Å². The van der Waals surface area contributed by atoms with E-state index >= 15 is 0 Å². The molecule has 1 amide bonds. The van der Waals surface area contributed by atoms with E-state index < -0.39 is 10.0 Å². The second-order valence-corrected chi connectivity index (χ2v) is 6.89. The number of carbonyl (C=O) groups excluding carboxylic acids is 1. The minimum Gasteiger partial charge on any atom is -0.355 e. The quantitative estimate of drug-likeness (QED) is 0.746. The molecular formula is C15H24N2O3S. The van der Waals surface area contributed by atoms with Crippen LogP contribution in [0.25, 0.3) is 0 Å². The summed E-state index contributed by atoms with van der Waals surface area (Å²) < 4.78 is 26.2. The van der Waals surface area contributed by atoms with Crippen LogP contribution in [-0.4, -0.2) is 38.3 Å². The molecule has 1 N–H and O–H groups in total. The van der Waals surface area contributed by atoms with E-state index in [9.17, 15) is 13.2 Å². The van der Waals surface area contributed by atoms with Crippen molar-refractivity contribution in [2.75, 3.05) is 19.6 Å². The predicted octanol–water partition coefficient (Wildman–Crippen LogP) is 1.92. The molecule has 0 aliphatic rings. The number of carbonyl (C=O) groups is 1. The van der Waals surface area contributed by atoms with Gasteiger partial charge in [-0.3, -0.25) is 4.79 Å². The molecule has 0 unspecified atom stereocenters. The molecule has 5 nitrogen and oxygen atoms in total. The number of hydrogen-bond acceptors (Lipinski definition) is 3. The van der Waals surface area contributed by atoms with Crippen LogP contribution in [0.5, 0.6) is 0 Å². The van der Waals surface area contributed by atoms with Crippen LogP contribution in [0.4, 0.5) is 0 Å². The number of nitrogens with one attached hydrogen (secondary N) is 1. The molecule has 0 fully saturated rings. The third kappa shape index (κ3) is 5.13. The highest BCUT2D eigenvalue weighted by Gasteiger charge is 2.24.